The lowest BCUT2D eigenvalue weighted by Crippen LogP contribution is -2.37. The van der Waals surface area contributed by atoms with Crippen LogP contribution in [0.15, 0.2) is 83.9 Å². The highest BCUT2D eigenvalue weighted by Crippen LogP contribution is 2.49. The zero-order valence-electron chi connectivity index (χ0n) is 20.7. The Hall–Kier alpha value is -4.98. The van der Waals surface area contributed by atoms with Gasteiger partial charge in [0.1, 0.15) is 18.1 Å². The number of nitrogens with one attached hydrogen (secondary N) is 1. The van der Waals surface area contributed by atoms with Crippen LogP contribution in [0.5, 0.6) is 5.75 Å². The molecule has 0 radical (unpaired) electrons. The fourth-order valence-electron chi connectivity index (χ4n) is 5.53. The molecule has 0 bridgehead atoms. The number of aliphatic carboxylic acids is 1. The number of non-ortho nitro benzene ring substituents is 1. The van der Waals surface area contributed by atoms with Crippen molar-refractivity contribution in [3.63, 3.8) is 0 Å². The number of aryl methyl sites for hydroxylation is 1. The molecule has 6 rings (SSSR count). The molecule has 8 nitrogen and oxygen atoms in total. The van der Waals surface area contributed by atoms with Crippen molar-refractivity contribution in [2.75, 3.05) is 0 Å². The van der Waals surface area contributed by atoms with E-state index in [9.17, 15) is 20.0 Å². The maximum Gasteiger partial charge on any atom is 0.351 e. The predicted octanol–water partition coefficient (Wildman–Crippen LogP) is 6.59. The van der Waals surface area contributed by atoms with Crippen molar-refractivity contribution in [3.8, 4) is 5.75 Å². The van der Waals surface area contributed by atoms with Gasteiger partial charge in [-0.25, -0.2) is 9.79 Å². The van der Waals surface area contributed by atoms with E-state index in [1.807, 2.05) is 62.4 Å². The summed E-state index contributed by atoms with van der Waals surface area (Å²) < 4.78 is 6.00. The Bertz CT molecular complexity index is 1800. The monoisotopic (exact) mass is 505 g/mol. The van der Waals surface area contributed by atoms with E-state index in [0.717, 1.165) is 44.1 Å². The zero-order valence-corrected chi connectivity index (χ0v) is 20.7. The van der Waals surface area contributed by atoms with Gasteiger partial charge in [-0.05, 0) is 72.5 Å². The third-order valence-electron chi connectivity index (χ3n) is 7.41. The summed E-state index contributed by atoms with van der Waals surface area (Å²) >= 11 is 0. The summed E-state index contributed by atoms with van der Waals surface area (Å²) in [7, 11) is 0. The van der Waals surface area contributed by atoms with Crippen LogP contribution in [-0.4, -0.2) is 26.7 Å². The highest BCUT2D eigenvalue weighted by atomic mass is 16.6. The van der Waals surface area contributed by atoms with Gasteiger partial charge in [-0.3, -0.25) is 10.1 Å². The molecule has 0 saturated carbocycles. The summed E-state index contributed by atoms with van der Waals surface area (Å²) in [5, 5.41) is 23.2. The fourth-order valence-corrected chi connectivity index (χ4v) is 5.53. The topological polar surface area (TPSA) is 118 Å². The Morgan fingerprint density at radius 1 is 1.05 bits per heavy atom. The molecule has 38 heavy (non-hydrogen) atoms. The van der Waals surface area contributed by atoms with Gasteiger partial charge < -0.3 is 14.8 Å². The summed E-state index contributed by atoms with van der Waals surface area (Å²) in [6, 6.07) is 23.6. The molecule has 2 N–H and O–H groups in total. The van der Waals surface area contributed by atoms with E-state index >= 15 is 0 Å². The molecule has 1 atom stereocenters. The minimum Gasteiger partial charge on any atom is -0.489 e. The van der Waals surface area contributed by atoms with Gasteiger partial charge in [-0.2, -0.15) is 0 Å². The van der Waals surface area contributed by atoms with Crippen molar-refractivity contribution >= 4 is 44.9 Å². The number of hydrogen-bond acceptors (Lipinski definition) is 5. The van der Waals surface area contributed by atoms with Gasteiger partial charge in [-0.15, -0.1) is 0 Å². The van der Waals surface area contributed by atoms with Crippen molar-refractivity contribution in [3.05, 3.63) is 111 Å². The standard InChI is InChI=1S/C30H23N3O5/c1-17-26-25(15-23-22-8-3-4-9-24(22)31-27(17)23)32-28(29(34)35)30(26,2)19-6-5-7-21(14-19)38-16-18-10-12-20(13-11-18)33(36)37/h3-15,31H,16H2,1-2H3,(H,34,35). The van der Waals surface area contributed by atoms with Crippen molar-refractivity contribution < 1.29 is 19.6 Å². The lowest BCUT2D eigenvalue weighted by atomic mass is 9.71. The number of hydrogen-bond donors (Lipinski definition) is 2. The van der Waals surface area contributed by atoms with Crippen molar-refractivity contribution in [2.45, 2.75) is 25.9 Å². The largest absolute Gasteiger partial charge is 0.489 e. The Labute approximate surface area is 217 Å². The SMILES string of the molecule is Cc1c2c(cc3c1[nH]c1ccccc13)N=C(C(=O)O)C2(C)c1cccc(OCc2ccc([N+](=O)[O-])cc2)c1. The molecule has 188 valence electrons. The van der Waals surface area contributed by atoms with E-state index in [1.165, 1.54) is 12.1 Å². The first-order valence-electron chi connectivity index (χ1n) is 12.1. The van der Waals surface area contributed by atoms with Crippen LogP contribution in [0, 0.1) is 17.0 Å². The average molecular weight is 506 g/mol. The lowest BCUT2D eigenvalue weighted by molar-refractivity contribution is -0.384. The molecule has 0 saturated heterocycles. The van der Waals surface area contributed by atoms with Crippen LogP contribution in [0.25, 0.3) is 21.8 Å². The molecule has 1 aliphatic heterocycles. The molecular formula is C30H23N3O5. The van der Waals surface area contributed by atoms with Crippen LogP contribution >= 0.6 is 0 Å². The number of aromatic nitrogens is 1. The summed E-state index contributed by atoms with van der Waals surface area (Å²) in [6.45, 7) is 4.11. The number of fused-ring (bicyclic) bond motifs is 4. The Morgan fingerprint density at radius 3 is 2.55 bits per heavy atom. The third kappa shape index (κ3) is 3.53. The second-order valence-electron chi connectivity index (χ2n) is 9.62. The van der Waals surface area contributed by atoms with Crippen molar-refractivity contribution in [1.29, 1.82) is 0 Å². The number of ether oxygens (including phenoxy) is 1. The van der Waals surface area contributed by atoms with E-state index in [1.54, 1.807) is 18.2 Å². The second kappa shape index (κ2) is 8.55. The van der Waals surface area contributed by atoms with Crippen LogP contribution < -0.4 is 4.74 Å². The van der Waals surface area contributed by atoms with Crippen LogP contribution in [0.4, 0.5) is 11.4 Å². The number of nitro groups is 1. The number of aliphatic imine (C=N–C) groups is 1. The van der Waals surface area contributed by atoms with Crippen molar-refractivity contribution in [2.24, 2.45) is 4.99 Å². The molecule has 5 aromatic rings. The first-order chi connectivity index (χ1) is 18.3. The molecule has 8 heteroatoms. The average Bonchev–Trinajstić information content (AvgIpc) is 3.45. The molecule has 0 amide bonds. The number of carbonyl (C=O) groups is 1. The van der Waals surface area contributed by atoms with E-state index < -0.39 is 16.3 Å². The molecule has 1 unspecified atom stereocenters. The normalized spacial score (nSPS) is 16.4. The van der Waals surface area contributed by atoms with Crippen molar-refractivity contribution in [1.82, 2.24) is 4.98 Å². The first kappa shape index (κ1) is 23.4. The van der Waals surface area contributed by atoms with Crippen LogP contribution in [0.3, 0.4) is 0 Å². The number of nitrogens with zero attached hydrogens (tertiary/aromatic N) is 2. The summed E-state index contributed by atoms with van der Waals surface area (Å²) in [6.07, 6.45) is 0. The molecule has 0 fully saturated rings. The predicted molar refractivity (Wildman–Crippen MR) is 146 cm³/mol. The second-order valence-corrected chi connectivity index (χ2v) is 9.62. The van der Waals surface area contributed by atoms with Crippen LogP contribution in [0.2, 0.25) is 0 Å². The van der Waals surface area contributed by atoms with Crippen LogP contribution in [-0.2, 0) is 16.8 Å². The highest BCUT2D eigenvalue weighted by Gasteiger charge is 2.46. The van der Waals surface area contributed by atoms with Gasteiger partial charge in [0.25, 0.3) is 5.69 Å². The number of H-pyrrole nitrogens is 1. The van der Waals surface area contributed by atoms with E-state index in [-0.39, 0.29) is 18.0 Å². The smallest absolute Gasteiger partial charge is 0.351 e. The summed E-state index contributed by atoms with van der Waals surface area (Å²) in [5.74, 6) is -0.515. The first-order valence-corrected chi connectivity index (χ1v) is 12.1. The number of carboxylic acids is 1. The maximum atomic E-state index is 12.5. The number of aromatic amines is 1. The highest BCUT2D eigenvalue weighted by molar-refractivity contribution is 6.42. The minimum absolute atomic E-state index is 0.0171. The summed E-state index contributed by atoms with van der Waals surface area (Å²) in [5.41, 5.74) is 5.02. The fraction of sp³-hybridized carbons (Fsp3) is 0.133. The molecule has 1 aliphatic rings. The molecule has 1 aromatic heterocycles. The molecule has 0 aliphatic carbocycles. The molecule has 2 heterocycles. The Kier molecular flexibility index (Phi) is 5.27. The lowest BCUT2D eigenvalue weighted by Gasteiger charge is -2.28. The van der Waals surface area contributed by atoms with E-state index in [0.29, 0.717) is 11.4 Å². The minimum atomic E-state index is -1.08. The number of benzene rings is 4. The third-order valence-corrected chi connectivity index (χ3v) is 7.41. The number of carboxylic acid groups (broad SMARTS) is 1. The van der Waals surface area contributed by atoms with Gasteiger partial charge in [0.15, 0.2) is 0 Å². The molecule has 4 aromatic carbocycles. The quantitative estimate of drug-likeness (QED) is 0.199. The zero-order chi connectivity index (χ0) is 26.6. The number of para-hydroxylation sites is 1. The molecular weight excluding hydrogens is 482 g/mol. The van der Waals surface area contributed by atoms with Gasteiger partial charge in [-0.1, -0.05) is 30.3 Å². The van der Waals surface area contributed by atoms with E-state index in [2.05, 4.69) is 9.98 Å². The Morgan fingerprint density at radius 2 is 1.82 bits per heavy atom. The maximum absolute atomic E-state index is 12.5. The Balaban J connectivity index is 1.42. The van der Waals surface area contributed by atoms with Gasteiger partial charge in [0.2, 0.25) is 0 Å². The number of rotatable bonds is 6. The van der Waals surface area contributed by atoms with Gasteiger partial charge in [0, 0.05) is 33.9 Å². The van der Waals surface area contributed by atoms with E-state index in [4.69, 9.17) is 4.74 Å². The summed E-state index contributed by atoms with van der Waals surface area (Å²) in [4.78, 5) is 31.1. The van der Waals surface area contributed by atoms with Gasteiger partial charge >= 0.3 is 5.97 Å². The van der Waals surface area contributed by atoms with Crippen LogP contribution in [0.1, 0.15) is 29.2 Å². The van der Waals surface area contributed by atoms with Gasteiger partial charge in [0.05, 0.1) is 16.0 Å². The number of nitro benzene ring substituents is 1. The molecule has 0 spiro atoms.